The third kappa shape index (κ3) is 3.13. The first kappa shape index (κ1) is 16.5. The highest BCUT2D eigenvalue weighted by molar-refractivity contribution is 6.21. The molecule has 6 heteroatoms. The number of imide groups is 1. The molecule has 128 valence electrons. The minimum atomic E-state index is -0.280. The van der Waals surface area contributed by atoms with E-state index in [0.717, 1.165) is 32.4 Å². The van der Waals surface area contributed by atoms with Gasteiger partial charge in [0.15, 0.2) is 0 Å². The lowest BCUT2D eigenvalue weighted by atomic mass is 10.1. The molecule has 0 aromatic heterocycles. The quantitative estimate of drug-likeness (QED) is 0.867. The van der Waals surface area contributed by atoms with Crippen molar-refractivity contribution in [2.45, 2.75) is 33.1 Å². The zero-order valence-corrected chi connectivity index (χ0v) is 14.2. The number of fused-ring (bicyclic) bond motifs is 1. The highest BCUT2D eigenvalue weighted by atomic mass is 16.2. The number of likely N-dealkylation sites (tertiary alicyclic amines) is 1. The molecule has 1 aromatic carbocycles. The molecule has 2 aliphatic rings. The third-order valence-corrected chi connectivity index (χ3v) is 4.41. The molecule has 0 spiro atoms. The van der Waals surface area contributed by atoms with Crippen LogP contribution in [0.3, 0.4) is 0 Å². The molecule has 1 N–H and O–H groups in total. The van der Waals surface area contributed by atoms with Crippen LogP contribution in [0.4, 0.5) is 10.5 Å². The topological polar surface area (TPSA) is 69.7 Å². The highest BCUT2D eigenvalue weighted by Gasteiger charge is 2.35. The van der Waals surface area contributed by atoms with Crippen molar-refractivity contribution in [1.82, 2.24) is 9.80 Å². The molecule has 0 radical (unpaired) electrons. The number of carbonyl (C=O) groups is 3. The van der Waals surface area contributed by atoms with Crippen LogP contribution in [0, 0.1) is 5.92 Å². The Morgan fingerprint density at radius 2 is 1.75 bits per heavy atom. The van der Waals surface area contributed by atoms with Gasteiger partial charge in [-0.2, -0.15) is 0 Å². The summed E-state index contributed by atoms with van der Waals surface area (Å²) in [5, 5.41) is 2.84. The summed E-state index contributed by atoms with van der Waals surface area (Å²) in [6, 6.07) is 4.77. The predicted molar refractivity (Wildman–Crippen MR) is 91.1 cm³/mol. The number of urea groups is 1. The molecule has 1 aromatic rings. The fourth-order valence-electron chi connectivity index (χ4n) is 3.20. The lowest BCUT2D eigenvalue weighted by Crippen LogP contribution is -2.38. The van der Waals surface area contributed by atoms with E-state index >= 15 is 0 Å². The van der Waals surface area contributed by atoms with E-state index < -0.39 is 0 Å². The summed E-state index contributed by atoms with van der Waals surface area (Å²) >= 11 is 0. The Balaban J connectivity index is 1.75. The Morgan fingerprint density at radius 1 is 1.08 bits per heavy atom. The van der Waals surface area contributed by atoms with Gasteiger partial charge in [0.25, 0.3) is 11.8 Å². The Hall–Kier alpha value is -2.37. The van der Waals surface area contributed by atoms with Crippen molar-refractivity contribution in [1.29, 1.82) is 0 Å². The number of rotatable bonds is 3. The van der Waals surface area contributed by atoms with E-state index in [2.05, 4.69) is 5.32 Å². The zero-order valence-electron chi connectivity index (χ0n) is 14.2. The van der Waals surface area contributed by atoms with E-state index in [9.17, 15) is 14.4 Å². The van der Waals surface area contributed by atoms with Gasteiger partial charge in [-0.1, -0.05) is 13.8 Å². The van der Waals surface area contributed by atoms with Crippen molar-refractivity contribution in [3.05, 3.63) is 29.3 Å². The summed E-state index contributed by atoms with van der Waals surface area (Å²) < 4.78 is 0. The number of nitrogens with one attached hydrogen (secondary N) is 1. The monoisotopic (exact) mass is 329 g/mol. The smallest absolute Gasteiger partial charge is 0.321 e. The molecule has 2 heterocycles. The summed E-state index contributed by atoms with van der Waals surface area (Å²) in [5.41, 5.74) is 1.34. The zero-order chi connectivity index (χ0) is 17.3. The van der Waals surface area contributed by atoms with Crippen LogP contribution in [0.25, 0.3) is 0 Å². The molecule has 0 bridgehead atoms. The standard InChI is InChI=1S/C18H23N3O3/c1-12(2)11-21-16(22)14-7-6-13(10-15(14)17(21)23)19-18(24)20-8-4-3-5-9-20/h6-7,10,12H,3-5,8-9,11H2,1-2H3,(H,19,24). The lowest BCUT2D eigenvalue weighted by molar-refractivity contribution is 0.0636. The molecular weight excluding hydrogens is 306 g/mol. The molecule has 0 atom stereocenters. The van der Waals surface area contributed by atoms with E-state index in [1.165, 1.54) is 4.90 Å². The van der Waals surface area contributed by atoms with Gasteiger partial charge in [-0.05, 0) is 43.4 Å². The van der Waals surface area contributed by atoms with E-state index in [4.69, 9.17) is 0 Å². The van der Waals surface area contributed by atoms with Crippen LogP contribution in [0.15, 0.2) is 18.2 Å². The molecule has 1 saturated heterocycles. The predicted octanol–water partition coefficient (Wildman–Crippen LogP) is 2.96. The molecule has 0 unspecified atom stereocenters. The normalized spacial score (nSPS) is 17.5. The third-order valence-electron chi connectivity index (χ3n) is 4.41. The van der Waals surface area contributed by atoms with E-state index in [-0.39, 0.29) is 23.8 Å². The van der Waals surface area contributed by atoms with Crippen LogP contribution in [-0.4, -0.2) is 47.3 Å². The molecule has 3 rings (SSSR count). The van der Waals surface area contributed by atoms with Crippen molar-refractivity contribution >= 4 is 23.5 Å². The molecule has 6 nitrogen and oxygen atoms in total. The number of hydrogen-bond acceptors (Lipinski definition) is 3. The maximum Gasteiger partial charge on any atom is 0.321 e. The fourth-order valence-corrected chi connectivity index (χ4v) is 3.20. The van der Waals surface area contributed by atoms with Crippen LogP contribution in [-0.2, 0) is 0 Å². The summed E-state index contributed by atoms with van der Waals surface area (Å²) in [4.78, 5) is 40.1. The van der Waals surface area contributed by atoms with Gasteiger partial charge in [0.2, 0.25) is 0 Å². The average molecular weight is 329 g/mol. The first-order chi connectivity index (χ1) is 11.5. The summed E-state index contributed by atoms with van der Waals surface area (Å²) in [7, 11) is 0. The van der Waals surface area contributed by atoms with Gasteiger partial charge in [-0.25, -0.2) is 4.79 Å². The molecule has 2 aliphatic heterocycles. The number of amides is 4. The van der Waals surface area contributed by atoms with E-state index in [1.807, 2.05) is 13.8 Å². The first-order valence-electron chi connectivity index (χ1n) is 8.53. The van der Waals surface area contributed by atoms with Crippen molar-refractivity contribution in [2.75, 3.05) is 25.0 Å². The van der Waals surface area contributed by atoms with Crippen LogP contribution in [0.5, 0.6) is 0 Å². The molecule has 4 amide bonds. The number of hydrogen-bond donors (Lipinski definition) is 1. The molecule has 0 aliphatic carbocycles. The van der Waals surface area contributed by atoms with Crippen LogP contribution < -0.4 is 5.32 Å². The van der Waals surface area contributed by atoms with Gasteiger partial charge in [-0.15, -0.1) is 0 Å². The first-order valence-corrected chi connectivity index (χ1v) is 8.53. The fraction of sp³-hybridized carbons (Fsp3) is 0.500. The Bertz CT molecular complexity index is 678. The number of carbonyl (C=O) groups excluding carboxylic acids is 3. The van der Waals surface area contributed by atoms with Gasteiger partial charge in [0, 0.05) is 25.3 Å². The molecular formula is C18H23N3O3. The van der Waals surface area contributed by atoms with E-state index in [1.54, 1.807) is 23.1 Å². The van der Waals surface area contributed by atoms with Crippen molar-refractivity contribution in [3.8, 4) is 0 Å². The molecule has 1 fully saturated rings. The Labute approximate surface area is 141 Å². The second kappa shape index (κ2) is 6.63. The summed E-state index contributed by atoms with van der Waals surface area (Å²) in [5.74, 6) is -0.319. The van der Waals surface area contributed by atoms with Crippen molar-refractivity contribution in [2.24, 2.45) is 5.92 Å². The average Bonchev–Trinajstić information content (AvgIpc) is 2.80. The second-order valence-electron chi connectivity index (χ2n) is 6.85. The largest absolute Gasteiger partial charge is 0.325 e. The Kier molecular flexibility index (Phi) is 4.55. The van der Waals surface area contributed by atoms with Gasteiger partial charge >= 0.3 is 6.03 Å². The number of nitrogens with zero attached hydrogens (tertiary/aromatic N) is 2. The second-order valence-corrected chi connectivity index (χ2v) is 6.85. The van der Waals surface area contributed by atoms with Crippen molar-refractivity contribution in [3.63, 3.8) is 0 Å². The van der Waals surface area contributed by atoms with Crippen LogP contribution >= 0.6 is 0 Å². The summed E-state index contributed by atoms with van der Waals surface area (Å²) in [6.07, 6.45) is 3.20. The number of benzene rings is 1. The lowest BCUT2D eigenvalue weighted by Gasteiger charge is -2.26. The minimum absolute atomic E-state index is 0.148. The Morgan fingerprint density at radius 3 is 2.42 bits per heavy atom. The molecule has 0 saturated carbocycles. The number of anilines is 1. The van der Waals surface area contributed by atoms with Gasteiger partial charge in [0.05, 0.1) is 11.1 Å². The van der Waals surface area contributed by atoms with Gasteiger partial charge in [-0.3, -0.25) is 14.5 Å². The van der Waals surface area contributed by atoms with Crippen molar-refractivity contribution < 1.29 is 14.4 Å². The minimum Gasteiger partial charge on any atom is -0.325 e. The summed E-state index contributed by atoms with van der Waals surface area (Å²) in [6.45, 7) is 5.86. The maximum atomic E-state index is 12.5. The van der Waals surface area contributed by atoms with E-state index in [0.29, 0.717) is 23.4 Å². The number of piperidine rings is 1. The maximum absolute atomic E-state index is 12.5. The van der Waals surface area contributed by atoms with Gasteiger partial charge < -0.3 is 10.2 Å². The highest BCUT2D eigenvalue weighted by Crippen LogP contribution is 2.26. The van der Waals surface area contributed by atoms with Crippen LogP contribution in [0.1, 0.15) is 53.8 Å². The SMILES string of the molecule is CC(C)CN1C(=O)c2ccc(NC(=O)N3CCCCC3)cc2C1=O. The van der Waals surface area contributed by atoms with Gasteiger partial charge in [0.1, 0.15) is 0 Å². The molecule has 24 heavy (non-hydrogen) atoms. The van der Waals surface area contributed by atoms with Crippen LogP contribution in [0.2, 0.25) is 0 Å².